The van der Waals surface area contributed by atoms with Gasteiger partial charge >= 0.3 is 6.09 Å². The molecule has 0 fully saturated rings. The van der Waals surface area contributed by atoms with Crippen molar-refractivity contribution >= 4 is 17.4 Å². The number of alkyl carbamates (subject to hydrolysis) is 1. The highest BCUT2D eigenvalue weighted by molar-refractivity contribution is 7.10. The van der Waals surface area contributed by atoms with Crippen LogP contribution in [-0.4, -0.2) is 24.9 Å². The van der Waals surface area contributed by atoms with E-state index in [2.05, 4.69) is 5.32 Å². The molecule has 2 N–H and O–H groups in total. The molecular formula is C17H21NO4S. The molecule has 23 heavy (non-hydrogen) atoms. The lowest BCUT2D eigenvalue weighted by molar-refractivity contribution is 0.118. The summed E-state index contributed by atoms with van der Waals surface area (Å²) in [6, 6.07) is 9.59. The van der Waals surface area contributed by atoms with E-state index in [1.165, 1.54) is 7.05 Å². The number of rotatable bonds is 7. The van der Waals surface area contributed by atoms with E-state index in [4.69, 9.17) is 9.47 Å². The molecular weight excluding hydrogens is 314 g/mol. The number of benzene rings is 1. The summed E-state index contributed by atoms with van der Waals surface area (Å²) in [7, 11) is 1.53. The van der Waals surface area contributed by atoms with Crippen molar-refractivity contribution in [1.82, 2.24) is 5.32 Å². The maximum Gasteiger partial charge on any atom is 0.406 e. The first-order chi connectivity index (χ1) is 11.1. The van der Waals surface area contributed by atoms with Gasteiger partial charge in [0.05, 0.1) is 13.2 Å². The number of aliphatic hydroxyl groups excluding tert-OH is 1. The maximum absolute atomic E-state index is 11.2. The summed E-state index contributed by atoms with van der Waals surface area (Å²) >= 11 is 1.61. The summed E-state index contributed by atoms with van der Waals surface area (Å²) in [6.07, 6.45) is -0.0635. The zero-order chi connectivity index (χ0) is 16.7. The maximum atomic E-state index is 11.2. The van der Waals surface area contributed by atoms with Gasteiger partial charge in [0.2, 0.25) is 0 Å². The smallest absolute Gasteiger partial charge is 0.406 e. The summed E-state index contributed by atoms with van der Waals surface area (Å²) in [5, 5.41) is 13.7. The summed E-state index contributed by atoms with van der Waals surface area (Å²) in [5.74, 6) is 0.734. The number of hydrogen-bond donors (Lipinski definition) is 2. The van der Waals surface area contributed by atoms with Gasteiger partial charge in [0.15, 0.2) is 0 Å². The molecule has 2 aromatic rings. The first kappa shape index (κ1) is 17.3. The van der Waals surface area contributed by atoms with Gasteiger partial charge in [-0.25, -0.2) is 4.79 Å². The first-order valence-corrected chi connectivity index (χ1v) is 8.27. The number of aliphatic hydroxyl groups is 1. The normalized spacial score (nSPS) is 11.8. The molecule has 1 aromatic carbocycles. The van der Waals surface area contributed by atoms with Crippen LogP contribution in [0.4, 0.5) is 4.79 Å². The largest absolute Gasteiger partial charge is 0.485 e. The van der Waals surface area contributed by atoms with Crippen LogP contribution in [0.15, 0.2) is 35.7 Å². The van der Waals surface area contributed by atoms with Crippen molar-refractivity contribution in [3.05, 3.63) is 51.7 Å². The Hall–Kier alpha value is -2.05. The van der Waals surface area contributed by atoms with E-state index in [9.17, 15) is 9.90 Å². The molecule has 1 amide bonds. The van der Waals surface area contributed by atoms with Crippen LogP contribution in [0.3, 0.4) is 0 Å². The predicted octanol–water partition coefficient (Wildman–Crippen LogP) is 3.42. The van der Waals surface area contributed by atoms with Gasteiger partial charge in [-0.2, -0.15) is 0 Å². The minimum atomic E-state index is -0.446. The molecule has 0 saturated heterocycles. The molecule has 0 radical (unpaired) electrons. The van der Waals surface area contributed by atoms with Crippen molar-refractivity contribution in [2.45, 2.75) is 26.1 Å². The Bertz CT molecular complexity index is 628. The molecule has 0 aliphatic heterocycles. The van der Waals surface area contributed by atoms with Crippen LogP contribution in [-0.2, 0) is 11.3 Å². The molecule has 1 unspecified atom stereocenters. The van der Waals surface area contributed by atoms with Gasteiger partial charge in [-0.05, 0) is 41.6 Å². The second-order valence-corrected chi connectivity index (χ2v) is 6.02. The standard InChI is InChI=1S/C17H21NO4S/c1-12-10-14(6-5-13(12)11-19)22-15(16-4-3-9-23-16)7-8-21-17(20)18-2/h3-6,9-10,15,19H,7-8,11H2,1-2H3,(H,18,20). The number of ether oxygens (including phenoxy) is 2. The molecule has 0 bridgehead atoms. The highest BCUT2D eigenvalue weighted by atomic mass is 32.1. The Morgan fingerprint density at radius 2 is 2.22 bits per heavy atom. The fourth-order valence-corrected chi connectivity index (χ4v) is 2.94. The van der Waals surface area contributed by atoms with Crippen molar-refractivity contribution in [2.75, 3.05) is 13.7 Å². The van der Waals surface area contributed by atoms with Crippen LogP contribution in [0.1, 0.15) is 28.5 Å². The number of amides is 1. The minimum absolute atomic E-state index is 0.0143. The summed E-state index contributed by atoms with van der Waals surface area (Å²) in [5.41, 5.74) is 1.87. The SMILES string of the molecule is CNC(=O)OCCC(Oc1ccc(CO)c(C)c1)c1cccs1. The third kappa shape index (κ3) is 4.97. The quantitative estimate of drug-likeness (QED) is 0.813. The Morgan fingerprint density at radius 1 is 1.39 bits per heavy atom. The zero-order valence-corrected chi connectivity index (χ0v) is 14.1. The second-order valence-electron chi connectivity index (χ2n) is 5.04. The Kier molecular flexibility index (Phi) is 6.43. The highest BCUT2D eigenvalue weighted by Gasteiger charge is 2.16. The Labute approximate surface area is 139 Å². The molecule has 5 nitrogen and oxygen atoms in total. The van der Waals surface area contributed by atoms with Gasteiger partial charge in [-0.15, -0.1) is 11.3 Å². The van der Waals surface area contributed by atoms with Crippen LogP contribution in [0.5, 0.6) is 5.75 Å². The monoisotopic (exact) mass is 335 g/mol. The summed E-state index contributed by atoms with van der Waals surface area (Å²) < 4.78 is 11.1. The highest BCUT2D eigenvalue weighted by Crippen LogP contribution is 2.29. The average Bonchev–Trinajstić information content (AvgIpc) is 3.08. The molecule has 0 spiro atoms. The van der Waals surface area contributed by atoms with Gasteiger partial charge in [-0.3, -0.25) is 0 Å². The molecule has 6 heteroatoms. The average molecular weight is 335 g/mol. The predicted molar refractivity (Wildman–Crippen MR) is 89.8 cm³/mol. The molecule has 0 aliphatic carbocycles. The molecule has 0 aliphatic rings. The van der Waals surface area contributed by atoms with E-state index in [0.717, 1.165) is 21.8 Å². The van der Waals surface area contributed by atoms with E-state index in [1.807, 2.05) is 42.6 Å². The molecule has 1 aromatic heterocycles. The van der Waals surface area contributed by atoms with Gasteiger partial charge in [0.25, 0.3) is 0 Å². The number of carbonyl (C=O) groups excluding carboxylic acids is 1. The van der Waals surface area contributed by atoms with Crippen LogP contribution in [0, 0.1) is 6.92 Å². The zero-order valence-electron chi connectivity index (χ0n) is 13.2. The first-order valence-electron chi connectivity index (χ1n) is 7.39. The molecule has 1 atom stereocenters. The molecule has 2 rings (SSSR count). The van der Waals surface area contributed by atoms with Crippen molar-refractivity contribution in [3.63, 3.8) is 0 Å². The van der Waals surface area contributed by atoms with Gasteiger partial charge in [0, 0.05) is 18.3 Å². The van der Waals surface area contributed by atoms with Crippen molar-refractivity contribution < 1.29 is 19.4 Å². The second kappa shape index (κ2) is 8.55. The lowest BCUT2D eigenvalue weighted by Gasteiger charge is -2.19. The fourth-order valence-electron chi connectivity index (χ4n) is 2.15. The topological polar surface area (TPSA) is 67.8 Å². The fraction of sp³-hybridized carbons (Fsp3) is 0.353. The number of carbonyl (C=O) groups is 1. The number of thiophene rings is 1. The van der Waals surface area contributed by atoms with E-state index in [-0.39, 0.29) is 19.3 Å². The molecule has 1 heterocycles. The van der Waals surface area contributed by atoms with Gasteiger partial charge < -0.3 is 19.9 Å². The summed E-state index contributed by atoms with van der Waals surface area (Å²) in [6.45, 7) is 2.23. The number of hydrogen-bond acceptors (Lipinski definition) is 5. The van der Waals surface area contributed by atoms with Crippen molar-refractivity contribution in [1.29, 1.82) is 0 Å². The number of aryl methyl sites for hydroxylation is 1. The summed E-state index contributed by atoms with van der Waals surface area (Å²) in [4.78, 5) is 12.2. The lowest BCUT2D eigenvalue weighted by Crippen LogP contribution is -2.21. The minimum Gasteiger partial charge on any atom is -0.485 e. The Balaban J connectivity index is 2.05. The van der Waals surface area contributed by atoms with E-state index >= 15 is 0 Å². The van der Waals surface area contributed by atoms with E-state index in [0.29, 0.717) is 6.42 Å². The van der Waals surface area contributed by atoms with Crippen LogP contribution >= 0.6 is 11.3 Å². The third-order valence-corrected chi connectivity index (χ3v) is 4.40. The van der Waals surface area contributed by atoms with Crippen molar-refractivity contribution in [2.24, 2.45) is 0 Å². The van der Waals surface area contributed by atoms with Gasteiger partial charge in [-0.1, -0.05) is 12.1 Å². The third-order valence-electron chi connectivity index (χ3n) is 3.44. The van der Waals surface area contributed by atoms with E-state index in [1.54, 1.807) is 11.3 Å². The van der Waals surface area contributed by atoms with Crippen LogP contribution in [0.2, 0.25) is 0 Å². The van der Waals surface area contributed by atoms with E-state index < -0.39 is 6.09 Å². The van der Waals surface area contributed by atoms with Gasteiger partial charge in [0.1, 0.15) is 11.9 Å². The van der Waals surface area contributed by atoms with Crippen molar-refractivity contribution in [3.8, 4) is 5.75 Å². The Morgan fingerprint density at radius 3 is 2.83 bits per heavy atom. The molecule has 0 saturated carbocycles. The molecule has 124 valence electrons. The van der Waals surface area contributed by atoms with Crippen LogP contribution in [0.25, 0.3) is 0 Å². The van der Waals surface area contributed by atoms with Crippen LogP contribution < -0.4 is 10.1 Å². The number of nitrogens with one attached hydrogen (secondary N) is 1. The lowest BCUT2D eigenvalue weighted by atomic mass is 10.1.